The van der Waals surface area contributed by atoms with Gasteiger partial charge in [-0.05, 0) is 67.6 Å². The molecule has 0 saturated heterocycles. The number of aliphatic hydroxyl groups is 2. The van der Waals surface area contributed by atoms with Gasteiger partial charge in [0.25, 0.3) is 0 Å². The first-order valence-electron chi connectivity index (χ1n) is 13.7. The number of carbonyl (C=O) groups is 1. The molecule has 1 aliphatic rings. The van der Waals surface area contributed by atoms with Gasteiger partial charge in [0.2, 0.25) is 5.91 Å². The molecule has 1 fully saturated rings. The van der Waals surface area contributed by atoms with E-state index in [1.54, 1.807) is 19.2 Å². The Morgan fingerprint density at radius 2 is 1.86 bits per heavy atom. The van der Waals surface area contributed by atoms with E-state index >= 15 is 0 Å². The standard InChI is InChI=1S/C29H49FN2O5/c1-19(2)22(13-21-7-8-24(30)27(14-21)37-12-6-11-36-5)15-25(31)26(34)16-23(20(3)4)28(35)32-17-29(18-33)9-10-29/h7-8,14,19-20,22-23,25-26,33-34H,6,9-13,15-18,31H2,1-5H3,(H,32,35)/t22-,23-,25-,26-/m0/s1. The van der Waals surface area contributed by atoms with Gasteiger partial charge in [0, 0.05) is 44.1 Å². The number of nitrogens with two attached hydrogens (primary N) is 1. The lowest BCUT2D eigenvalue weighted by Crippen LogP contribution is -2.43. The first kappa shape index (κ1) is 31.5. The molecule has 7 nitrogen and oxygen atoms in total. The van der Waals surface area contributed by atoms with E-state index in [1.165, 1.54) is 6.07 Å². The van der Waals surface area contributed by atoms with Crippen molar-refractivity contribution in [3.8, 4) is 5.75 Å². The SMILES string of the molecule is COCCCOc1cc(C[C@@H](C[C@H](N)[C@@H](O)C[C@H](C(=O)NCC2(CO)CC2)C(C)C)C(C)C)ccc1F. The second-order valence-electron chi connectivity index (χ2n) is 11.6. The maximum atomic E-state index is 14.2. The zero-order valence-electron chi connectivity index (χ0n) is 23.3. The first-order valence-corrected chi connectivity index (χ1v) is 13.7. The minimum absolute atomic E-state index is 0.0496. The van der Waals surface area contributed by atoms with Crippen LogP contribution in [-0.4, -0.2) is 61.7 Å². The Hall–Kier alpha value is -1.74. The van der Waals surface area contributed by atoms with Crippen LogP contribution in [0.15, 0.2) is 18.2 Å². The summed E-state index contributed by atoms with van der Waals surface area (Å²) in [5.41, 5.74) is 7.27. The molecular weight excluding hydrogens is 475 g/mol. The number of hydrogen-bond acceptors (Lipinski definition) is 6. The Balaban J connectivity index is 1.96. The summed E-state index contributed by atoms with van der Waals surface area (Å²) < 4.78 is 24.9. The van der Waals surface area contributed by atoms with Gasteiger partial charge in [0.05, 0.1) is 19.3 Å². The molecule has 1 amide bonds. The Kier molecular flexibility index (Phi) is 12.8. The number of nitrogens with one attached hydrogen (secondary N) is 1. The van der Waals surface area contributed by atoms with Crippen LogP contribution < -0.4 is 15.8 Å². The van der Waals surface area contributed by atoms with Gasteiger partial charge in [-0.3, -0.25) is 4.79 Å². The first-order chi connectivity index (χ1) is 17.5. The van der Waals surface area contributed by atoms with E-state index in [-0.39, 0.29) is 53.7 Å². The number of carbonyl (C=O) groups excluding carboxylic acids is 1. The van der Waals surface area contributed by atoms with E-state index < -0.39 is 12.1 Å². The molecular formula is C29H49FN2O5. The Labute approximate surface area is 222 Å². The van der Waals surface area contributed by atoms with Crippen molar-refractivity contribution in [1.82, 2.24) is 5.32 Å². The number of rotatable bonds is 18. The van der Waals surface area contributed by atoms with E-state index in [9.17, 15) is 19.4 Å². The quantitative estimate of drug-likeness (QED) is 0.218. The maximum absolute atomic E-state index is 14.2. The molecule has 212 valence electrons. The molecule has 0 spiro atoms. The fourth-order valence-corrected chi connectivity index (χ4v) is 4.66. The number of halogens is 1. The molecule has 4 atom stereocenters. The molecule has 0 heterocycles. The summed E-state index contributed by atoms with van der Waals surface area (Å²) in [6.45, 7) is 9.68. The van der Waals surface area contributed by atoms with Crippen molar-refractivity contribution in [3.63, 3.8) is 0 Å². The van der Waals surface area contributed by atoms with Crippen molar-refractivity contribution in [3.05, 3.63) is 29.6 Å². The van der Waals surface area contributed by atoms with Gasteiger partial charge in [0.15, 0.2) is 11.6 Å². The van der Waals surface area contributed by atoms with Crippen molar-refractivity contribution in [1.29, 1.82) is 0 Å². The van der Waals surface area contributed by atoms with Crippen molar-refractivity contribution in [2.45, 2.75) is 78.4 Å². The molecule has 8 heteroatoms. The van der Waals surface area contributed by atoms with E-state index in [4.69, 9.17) is 15.2 Å². The van der Waals surface area contributed by atoms with Crippen LogP contribution in [0.5, 0.6) is 5.75 Å². The predicted octanol–water partition coefficient (Wildman–Crippen LogP) is 3.69. The van der Waals surface area contributed by atoms with Crippen LogP contribution in [-0.2, 0) is 16.0 Å². The van der Waals surface area contributed by atoms with Crippen molar-refractivity contribution >= 4 is 5.91 Å². The Bertz CT molecular complexity index is 831. The lowest BCUT2D eigenvalue weighted by molar-refractivity contribution is -0.128. The number of ether oxygens (including phenoxy) is 2. The summed E-state index contributed by atoms with van der Waals surface area (Å²) in [5.74, 6) is -0.0875. The second kappa shape index (κ2) is 15.0. The summed E-state index contributed by atoms with van der Waals surface area (Å²) in [4.78, 5) is 12.9. The molecule has 5 N–H and O–H groups in total. The highest BCUT2D eigenvalue weighted by atomic mass is 19.1. The van der Waals surface area contributed by atoms with E-state index in [0.717, 1.165) is 18.4 Å². The zero-order chi connectivity index (χ0) is 27.6. The molecule has 0 aliphatic heterocycles. The average molecular weight is 525 g/mol. The van der Waals surface area contributed by atoms with Crippen LogP contribution in [0.1, 0.15) is 65.4 Å². The summed E-state index contributed by atoms with van der Waals surface area (Å²) in [6.07, 6.45) is 3.27. The molecule has 1 aromatic rings. The van der Waals surface area contributed by atoms with E-state index in [0.29, 0.717) is 44.9 Å². The molecule has 0 radical (unpaired) electrons. The highest BCUT2D eigenvalue weighted by Crippen LogP contribution is 2.44. The topological polar surface area (TPSA) is 114 Å². The summed E-state index contributed by atoms with van der Waals surface area (Å²) in [7, 11) is 1.62. The number of benzene rings is 1. The lowest BCUT2D eigenvalue weighted by Gasteiger charge is -2.30. The van der Waals surface area contributed by atoms with Gasteiger partial charge < -0.3 is 30.7 Å². The summed E-state index contributed by atoms with van der Waals surface area (Å²) >= 11 is 0. The number of amides is 1. The maximum Gasteiger partial charge on any atom is 0.223 e. The average Bonchev–Trinajstić information content (AvgIpc) is 3.65. The van der Waals surface area contributed by atoms with Crippen LogP contribution in [0.2, 0.25) is 0 Å². The number of hydrogen-bond donors (Lipinski definition) is 4. The zero-order valence-corrected chi connectivity index (χ0v) is 23.3. The third-order valence-electron chi connectivity index (χ3n) is 7.82. The molecule has 0 unspecified atom stereocenters. The van der Waals surface area contributed by atoms with Crippen molar-refractivity contribution in [2.24, 2.45) is 34.8 Å². The minimum Gasteiger partial charge on any atom is -0.490 e. The summed E-state index contributed by atoms with van der Waals surface area (Å²) in [5, 5.41) is 23.5. The largest absolute Gasteiger partial charge is 0.490 e. The molecule has 1 saturated carbocycles. The third-order valence-corrected chi connectivity index (χ3v) is 7.82. The molecule has 1 aliphatic carbocycles. The van der Waals surface area contributed by atoms with Gasteiger partial charge in [0.1, 0.15) is 0 Å². The van der Waals surface area contributed by atoms with E-state index in [1.807, 2.05) is 13.8 Å². The smallest absolute Gasteiger partial charge is 0.223 e. The molecule has 0 aromatic heterocycles. The van der Waals surface area contributed by atoms with Crippen LogP contribution in [0.3, 0.4) is 0 Å². The fourth-order valence-electron chi connectivity index (χ4n) is 4.66. The van der Waals surface area contributed by atoms with Crippen LogP contribution in [0.25, 0.3) is 0 Å². The predicted molar refractivity (Wildman–Crippen MR) is 144 cm³/mol. The number of aliphatic hydroxyl groups excluding tert-OH is 2. The van der Waals surface area contributed by atoms with E-state index in [2.05, 4.69) is 19.2 Å². The molecule has 1 aromatic carbocycles. The molecule has 37 heavy (non-hydrogen) atoms. The highest BCUT2D eigenvalue weighted by Gasteiger charge is 2.42. The Morgan fingerprint density at radius 3 is 2.43 bits per heavy atom. The van der Waals surface area contributed by atoms with Gasteiger partial charge in [-0.25, -0.2) is 4.39 Å². The van der Waals surface area contributed by atoms with Crippen molar-refractivity contribution in [2.75, 3.05) is 33.5 Å². The normalized spacial score (nSPS) is 17.9. The highest BCUT2D eigenvalue weighted by molar-refractivity contribution is 5.79. The van der Waals surface area contributed by atoms with Crippen LogP contribution >= 0.6 is 0 Å². The van der Waals surface area contributed by atoms with Gasteiger partial charge in [-0.1, -0.05) is 33.8 Å². The minimum atomic E-state index is -0.819. The molecule has 0 bridgehead atoms. The van der Waals surface area contributed by atoms with Crippen LogP contribution in [0.4, 0.5) is 4.39 Å². The lowest BCUT2D eigenvalue weighted by atomic mass is 9.80. The van der Waals surface area contributed by atoms with Gasteiger partial charge in [-0.2, -0.15) is 0 Å². The third kappa shape index (κ3) is 10.2. The Morgan fingerprint density at radius 1 is 1.16 bits per heavy atom. The van der Waals surface area contributed by atoms with Gasteiger partial charge >= 0.3 is 0 Å². The monoisotopic (exact) mass is 524 g/mol. The number of methoxy groups -OCH3 is 1. The van der Waals surface area contributed by atoms with Crippen molar-refractivity contribution < 1.29 is 28.9 Å². The van der Waals surface area contributed by atoms with Gasteiger partial charge in [-0.15, -0.1) is 0 Å². The molecule has 2 rings (SSSR count). The summed E-state index contributed by atoms with van der Waals surface area (Å²) in [6, 6.07) is 4.46. The second-order valence-corrected chi connectivity index (χ2v) is 11.6. The fraction of sp³-hybridized carbons (Fsp3) is 0.759. The van der Waals surface area contributed by atoms with Crippen LogP contribution in [0, 0.1) is 34.9 Å².